The zero-order valence-corrected chi connectivity index (χ0v) is 16.2. The second-order valence-corrected chi connectivity index (χ2v) is 8.88. The molecule has 3 rings (SSSR count). The number of sulfonamides is 1. The molecule has 0 amide bonds. The number of rotatable bonds is 7. The SMILES string of the molecule is O=[N+]([O-])c1cc(S(=O)(=O)N2CCCCC2)ccc1NCC[NH+]1CCOCC1. The van der Waals surface area contributed by atoms with Gasteiger partial charge in [-0.05, 0) is 25.0 Å². The van der Waals surface area contributed by atoms with Gasteiger partial charge < -0.3 is 15.0 Å². The first-order valence-electron chi connectivity index (χ1n) is 9.42. The first-order chi connectivity index (χ1) is 13.0. The minimum absolute atomic E-state index is 0.0135. The van der Waals surface area contributed by atoms with Crippen LogP contribution >= 0.6 is 0 Å². The molecule has 0 aliphatic carbocycles. The number of quaternary nitrogens is 1. The largest absolute Gasteiger partial charge is 0.374 e. The number of benzene rings is 1. The second-order valence-electron chi connectivity index (χ2n) is 6.94. The van der Waals surface area contributed by atoms with Crippen molar-refractivity contribution in [2.24, 2.45) is 0 Å². The molecule has 2 aliphatic rings. The van der Waals surface area contributed by atoms with Gasteiger partial charge >= 0.3 is 0 Å². The molecule has 0 bridgehead atoms. The van der Waals surface area contributed by atoms with Gasteiger partial charge in [-0.25, -0.2) is 8.42 Å². The monoisotopic (exact) mass is 399 g/mol. The van der Waals surface area contributed by atoms with Gasteiger partial charge in [0.05, 0.1) is 36.1 Å². The van der Waals surface area contributed by atoms with Crippen molar-refractivity contribution in [3.63, 3.8) is 0 Å². The third-order valence-electron chi connectivity index (χ3n) is 5.11. The lowest BCUT2D eigenvalue weighted by Crippen LogP contribution is -3.14. The highest BCUT2D eigenvalue weighted by molar-refractivity contribution is 7.89. The summed E-state index contributed by atoms with van der Waals surface area (Å²) >= 11 is 0. The first kappa shape index (κ1) is 20.0. The topological polar surface area (TPSA) is 106 Å². The van der Waals surface area contributed by atoms with E-state index in [1.165, 1.54) is 27.4 Å². The van der Waals surface area contributed by atoms with E-state index in [0.717, 1.165) is 52.1 Å². The van der Waals surface area contributed by atoms with E-state index >= 15 is 0 Å². The number of piperidine rings is 1. The fourth-order valence-electron chi connectivity index (χ4n) is 3.51. The van der Waals surface area contributed by atoms with Crippen LogP contribution in [0.3, 0.4) is 0 Å². The molecular formula is C17H27N4O5S+. The highest BCUT2D eigenvalue weighted by Gasteiger charge is 2.28. The van der Waals surface area contributed by atoms with Crippen molar-refractivity contribution < 1.29 is 23.0 Å². The summed E-state index contributed by atoms with van der Waals surface area (Å²) in [6, 6.07) is 4.14. The molecule has 2 heterocycles. The summed E-state index contributed by atoms with van der Waals surface area (Å²) in [6.45, 7) is 5.67. The number of anilines is 1. The van der Waals surface area contributed by atoms with E-state index in [2.05, 4.69) is 5.32 Å². The smallest absolute Gasteiger partial charge is 0.293 e. The quantitative estimate of drug-likeness (QED) is 0.497. The lowest BCUT2D eigenvalue weighted by Gasteiger charge is -2.26. The maximum absolute atomic E-state index is 12.8. The molecule has 9 nitrogen and oxygen atoms in total. The molecule has 2 aliphatic heterocycles. The average molecular weight is 399 g/mol. The van der Waals surface area contributed by atoms with Gasteiger partial charge in [0.15, 0.2) is 0 Å². The zero-order chi connectivity index (χ0) is 19.3. The minimum atomic E-state index is -3.69. The van der Waals surface area contributed by atoms with Crippen LogP contribution in [0.4, 0.5) is 11.4 Å². The summed E-state index contributed by atoms with van der Waals surface area (Å²) in [5.41, 5.74) is 0.148. The van der Waals surface area contributed by atoms with Crippen molar-refractivity contribution in [3.8, 4) is 0 Å². The molecule has 1 aromatic carbocycles. The number of morpholine rings is 1. The zero-order valence-electron chi connectivity index (χ0n) is 15.4. The molecule has 2 saturated heterocycles. The summed E-state index contributed by atoms with van der Waals surface area (Å²) in [5, 5.41) is 14.6. The molecule has 10 heteroatoms. The lowest BCUT2D eigenvalue weighted by atomic mass is 10.2. The van der Waals surface area contributed by atoms with Crippen LogP contribution in [-0.2, 0) is 14.8 Å². The van der Waals surface area contributed by atoms with Crippen LogP contribution in [0.5, 0.6) is 0 Å². The van der Waals surface area contributed by atoms with Crippen molar-refractivity contribution in [2.75, 3.05) is 57.8 Å². The van der Waals surface area contributed by atoms with Gasteiger partial charge in [0.2, 0.25) is 10.0 Å². The maximum Gasteiger partial charge on any atom is 0.293 e. The molecule has 0 atom stereocenters. The van der Waals surface area contributed by atoms with Crippen molar-refractivity contribution >= 4 is 21.4 Å². The Morgan fingerprint density at radius 2 is 1.89 bits per heavy atom. The van der Waals surface area contributed by atoms with E-state index in [1.807, 2.05) is 0 Å². The summed E-state index contributed by atoms with van der Waals surface area (Å²) in [5.74, 6) is 0. The molecule has 0 unspecified atom stereocenters. The molecule has 0 saturated carbocycles. The number of nitro benzene ring substituents is 1. The molecule has 27 heavy (non-hydrogen) atoms. The first-order valence-corrected chi connectivity index (χ1v) is 10.9. The lowest BCUT2D eigenvalue weighted by molar-refractivity contribution is -0.906. The van der Waals surface area contributed by atoms with Crippen LogP contribution in [0.1, 0.15) is 19.3 Å². The fraction of sp³-hybridized carbons (Fsp3) is 0.647. The van der Waals surface area contributed by atoms with Crippen molar-refractivity contribution in [1.29, 1.82) is 0 Å². The van der Waals surface area contributed by atoms with Crippen LogP contribution < -0.4 is 10.2 Å². The van der Waals surface area contributed by atoms with Gasteiger partial charge in [-0.2, -0.15) is 4.31 Å². The third-order valence-corrected chi connectivity index (χ3v) is 7.01. The van der Waals surface area contributed by atoms with E-state index in [1.54, 1.807) is 0 Å². The number of nitro groups is 1. The van der Waals surface area contributed by atoms with Gasteiger partial charge in [-0.3, -0.25) is 10.1 Å². The molecular weight excluding hydrogens is 372 g/mol. The number of hydrogen-bond donors (Lipinski definition) is 2. The summed E-state index contributed by atoms with van der Waals surface area (Å²) in [4.78, 5) is 12.3. The van der Waals surface area contributed by atoms with Gasteiger partial charge in [-0.1, -0.05) is 6.42 Å². The van der Waals surface area contributed by atoms with Gasteiger partial charge in [0, 0.05) is 19.2 Å². The van der Waals surface area contributed by atoms with Gasteiger partial charge in [0.25, 0.3) is 5.69 Å². The molecule has 1 aromatic rings. The predicted octanol–water partition coefficient (Wildman–Crippen LogP) is 0.0964. The molecule has 0 aromatic heterocycles. The second kappa shape index (κ2) is 8.96. The maximum atomic E-state index is 12.8. The predicted molar refractivity (Wildman–Crippen MR) is 101 cm³/mol. The summed E-state index contributed by atoms with van der Waals surface area (Å²) in [6.07, 6.45) is 2.66. The van der Waals surface area contributed by atoms with E-state index in [4.69, 9.17) is 4.74 Å². The number of ether oxygens (including phenoxy) is 1. The Morgan fingerprint density at radius 3 is 2.56 bits per heavy atom. The van der Waals surface area contributed by atoms with Crippen LogP contribution in [0.15, 0.2) is 23.1 Å². The number of nitrogens with one attached hydrogen (secondary N) is 2. The Balaban J connectivity index is 1.71. The van der Waals surface area contributed by atoms with E-state index in [0.29, 0.717) is 25.3 Å². The van der Waals surface area contributed by atoms with Crippen molar-refractivity contribution in [1.82, 2.24) is 4.31 Å². The fourth-order valence-corrected chi connectivity index (χ4v) is 5.05. The molecule has 150 valence electrons. The Labute approximate surface area is 159 Å². The van der Waals surface area contributed by atoms with Gasteiger partial charge in [0.1, 0.15) is 18.8 Å². The van der Waals surface area contributed by atoms with Crippen LogP contribution in [0, 0.1) is 10.1 Å². The van der Waals surface area contributed by atoms with Crippen LogP contribution in [-0.4, -0.2) is 70.1 Å². The highest BCUT2D eigenvalue weighted by atomic mass is 32.2. The number of hydrogen-bond acceptors (Lipinski definition) is 6. The molecule has 2 fully saturated rings. The summed E-state index contributed by atoms with van der Waals surface area (Å²) < 4.78 is 32.3. The standard InChI is InChI=1S/C17H26N4O5S/c22-21(23)17-14-15(27(24,25)20-7-2-1-3-8-20)4-5-16(17)18-6-9-19-10-12-26-13-11-19/h4-5,14,18H,1-3,6-13H2/p+1. The highest BCUT2D eigenvalue weighted by Crippen LogP contribution is 2.29. The molecule has 0 spiro atoms. The Morgan fingerprint density at radius 1 is 1.19 bits per heavy atom. The molecule has 2 N–H and O–H groups in total. The van der Waals surface area contributed by atoms with E-state index in [9.17, 15) is 18.5 Å². The Bertz CT molecular complexity index is 759. The van der Waals surface area contributed by atoms with Crippen LogP contribution in [0.2, 0.25) is 0 Å². The molecule has 0 radical (unpaired) electrons. The Kier molecular flexibility index (Phi) is 6.64. The van der Waals surface area contributed by atoms with Crippen molar-refractivity contribution in [3.05, 3.63) is 28.3 Å². The average Bonchev–Trinajstić information content (AvgIpc) is 2.69. The van der Waals surface area contributed by atoms with Crippen molar-refractivity contribution in [2.45, 2.75) is 24.2 Å². The van der Waals surface area contributed by atoms with Gasteiger partial charge in [-0.15, -0.1) is 0 Å². The number of nitrogens with zero attached hydrogens (tertiary/aromatic N) is 2. The Hall–Kier alpha value is -1.75. The van der Waals surface area contributed by atoms with Crippen LogP contribution in [0.25, 0.3) is 0 Å². The normalized spacial score (nSPS) is 19.7. The third kappa shape index (κ3) is 4.95. The minimum Gasteiger partial charge on any atom is -0.374 e. The van der Waals surface area contributed by atoms with E-state index in [-0.39, 0.29) is 10.6 Å². The summed E-state index contributed by atoms with van der Waals surface area (Å²) in [7, 11) is -3.69. The van der Waals surface area contributed by atoms with E-state index < -0.39 is 14.9 Å².